The molecule has 0 saturated heterocycles. The Morgan fingerprint density at radius 2 is 1.75 bits per heavy atom. The van der Waals surface area contributed by atoms with Crippen molar-refractivity contribution in [2.24, 2.45) is 0 Å². The predicted molar refractivity (Wildman–Crippen MR) is 71.2 cm³/mol. The second-order valence-electron chi connectivity index (χ2n) is 3.86. The molecule has 0 bridgehead atoms. The topological polar surface area (TPSA) is 43.1 Å². The summed E-state index contributed by atoms with van der Waals surface area (Å²) in [5.41, 5.74) is 7.04. The van der Waals surface area contributed by atoms with E-state index in [0.717, 1.165) is 18.4 Å². The molecule has 2 nitrogen and oxygen atoms in total. The second-order valence-corrected chi connectivity index (χ2v) is 3.86. The zero-order valence-electron chi connectivity index (χ0n) is 9.74. The van der Waals surface area contributed by atoms with Crippen LogP contribution in [0, 0.1) is 0 Å². The largest absolute Gasteiger partial charge is 0.399 e. The van der Waals surface area contributed by atoms with Gasteiger partial charge in [-0.25, -0.2) is 0 Å². The summed E-state index contributed by atoms with van der Waals surface area (Å²) in [7, 11) is 0. The highest BCUT2D eigenvalue weighted by molar-refractivity contribution is 5.96. The Hall–Kier alpha value is -1.02. The minimum atomic E-state index is 0. The monoisotopic (exact) mass is 241 g/mol. The van der Waals surface area contributed by atoms with Crippen molar-refractivity contribution < 1.29 is 4.79 Å². The van der Waals surface area contributed by atoms with Crippen LogP contribution in [0.15, 0.2) is 24.3 Å². The average molecular weight is 242 g/mol. The van der Waals surface area contributed by atoms with Crippen molar-refractivity contribution in [2.75, 3.05) is 5.73 Å². The van der Waals surface area contributed by atoms with Gasteiger partial charge in [-0.3, -0.25) is 4.79 Å². The first kappa shape index (κ1) is 15.0. The van der Waals surface area contributed by atoms with E-state index in [-0.39, 0.29) is 18.2 Å². The number of ketones is 1. The number of unbranched alkanes of at least 4 members (excludes halogenated alkanes) is 3. The molecule has 0 amide bonds. The number of nitrogens with two attached hydrogens (primary N) is 1. The van der Waals surface area contributed by atoms with Crippen LogP contribution in [0.2, 0.25) is 0 Å². The van der Waals surface area contributed by atoms with Crippen LogP contribution >= 0.6 is 12.4 Å². The number of carbonyl (C=O) groups excluding carboxylic acids is 1. The molecule has 0 spiro atoms. The minimum absolute atomic E-state index is 0. The van der Waals surface area contributed by atoms with Crippen molar-refractivity contribution in [2.45, 2.75) is 39.0 Å². The SMILES string of the molecule is CCCCCCC(=O)c1ccc(N)cc1.Cl. The van der Waals surface area contributed by atoms with Crippen molar-refractivity contribution in [1.82, 2.24) is 0 Å². The van der Waals surface area contributed by atoms with Crippen LogP contribution in [0.25, 0.3) is 0 Å². The van der Waals surface area contributed by atoms with E-state index in [1.165, 1.54) is 12.8 Å². The quantitative estimate of drug-likeness (QED) is 0.467. The number of anilines is 1. The molecule has 0 unspecified atom stereocenters. The van der Waals surface area contributed by atoms with Crippen LogP contribution in [0.1, 0.15) is 49.4 Å². The zero-order chi connectivity index (χ0) is 11.1. The van der Waals surface area contributed by atoms with E-state index < -0.39 is 0 Å². The Morgan fingerprint density at radius 3 is 2.31 bits per heavy atom. The van der Waals surface area contributed by atoms with E-state index in [0.29, 0.717) is 12.1 Å². The Labute approximate surface area is 104 Å². The lowest BCUT2D eigenvalue weighted by Gasteiger charge is -2.01. The molecule has 0 aliphatic carbocycles. The lowest BCUT2D eigenvalue weighted by molar-refractivity contribution is 0.0979. The number of Topliss-reactive ketones (excluding diaryl/α,β-unsaturated/α-hetero) is 1. The van der Waals surface area contributed by atoms with Crippen LogP contribution in [-0.4, -0.2) is 5.78 Å². The smallest absolute Gasteiger partial charge is 0.162 e. The van der Waals surface area contributed by atoms with Crippen LogP contribution < -0.4 is 5.73 Å². The second kappa shape index (κ2) is 8.17. The summed E-state index contributed by atoms with van der Waals surface area (Å²) in [5.74, 6) is 0.228. The van der Waals surface area contributed by atoms with E-state index in [9.17, 15) is 4.79 Å². The number of hydrogen-bond donors (Lipinski definition) is 1. The summed E-state index contributed by atoms with van der Waals surface area (Å²) in [4.78, 5) is 11.7. The zero-order valence-corrected chi connectivity index (χ0v) is 10.6. The van der Waals surface area contributed by atoms with Crippen LogP contribution in [0.4, 0.5) is 5.69 Å². The third-order valence-electron chi connectivity index (χ3n) is 2.49. The summed E-state index contributed by atoms with van der Waals surface area (Å²) in [5, 5.41) is 0. The Morgan fingerprint density at radius 1 is 1.12 bits per heavy atom. The fourth-order valence-electron chi connectivity index (χ4n) is 1.53. The molecule has 16 heavy (non-hydrogen) atoms. The average Bonchev–Trinajstić information content (AvgIpc) is 2.25. The summed E-state index contributed by atoms with van der Waals surface area (Å²) < 4.78 is 0. The van der Waals surface area contributed by atoms with E-state index in [4.69, 9.17) is 5.73 Å². The molecule has 0 saturated carbocycles. The molecule has 0 aliphatic heterocycles. The molecule has 1 aromatic carbocycles. The molecular weight excluding hydrogens is 222 g/mol. The standard InChI is InChI=1S/C13H19NO.ClH/c1-2-3-4-5-6-13(15)11-7-9-12(14)10-8-11;/h7-10H,2-6,14H2,1H3;1H. The summed E-state index contributed by atoms with van der Waals surface area (Å²) >= 11 is 0. The fourth-order valence-corrected chi connectivity index (χ4v) is 1.53. The molecule has 0 atom stereocenters. The van der Waals surface area contributed by atoms with Crippen LogP contribution in [-0.2, 0) is 0 Å². The van der Waals surface area contributed by atoms with Crippen LogP contribution in [0.3, 0.4) is 0 Å². The van der Waals surface area contributed by atoms with E-state index in [1.807, 2.05) is 0 Å². The normalized spacial score (nSPS) is 9.56. The van der Waals surface area contributed by atoms with Crippen molar-refractivity contribution >= 4 is 23.9 Å². The summed E-state index contributed by atoms with van der Waals surface area (Å²) in [6, 6.07) is 7.16. The van der Waals surface area contributed by atoms with E-state index in [2.05, 4.69) is 6.92 Å². The van der Waals surface area contributed by atoms with Gasteiger partial charge in [0.1, 0.15) is 0 Å². The number of rotatable bonds is 6. The molecule has 90 valence electrons. The maximum absolute atomic E-state index is 11.7. The van der Waals surface area contributed by atoms with Gasteiger partial charge in [-0.2, -0.15) is 0 Å². The maximum Gasteiger partial charge on any atom is 0.162 e. The Kier molecular flexibility index (Phi) is 7.65. The Balaban J connectivity index is 0.00000225. The fraction of sp³-hybridized carbons (Fsp3) is 0.462. The molecule has 0 aliphatic rings. The van der Waals surface area contributed by atoms with Gasteiger partial charge >= 0.3 is 0 Å². The first-order valence-electron chi connectivity index (χ1n) is 5.62. The van der Waals surface area contributed by atoms with Gasteiger partial charge in [-0.1, -0.05) is 26.2 Å². The lowest BCUT2D eigenvalue weighted by atomic mass is 10.0. The molecule has 0 radical (unpaired) electrons. The molecule has 0 aromatic heterocycles. The maximum atomic E-state index is 11.7. The lowest BCUT2D eigenvalue weighted by Crippen LogP contribution is -1.99. The molecule has 3 heteroatoms. The number of carbonyl (C=O) groups is 1. The van der Waals surface area contributed by atoms with Gasteiger partial charge in [-0.15, -0.1) is 12.4 Å². The summed E-state index contributed by atoms with van der Waals surface area (Å²) in [6.07, 6.45) is 5.23. The molecule has 0 heterocycles. The molecule has 0 fully saturated rings. The van der Waals surface area contributed by atoms with Gasteiger partial charge < -0.3 is 5.73 Å². The molecule has 1 rings (SSSR count). The van der Waals surface area contributed by atoms with Gasteiger partial charge in [0, 0.05) is 17.7 Å². The minimum Gasteiger partial charge on any atom is -0.399 e. The van der Waals surface area contributed by atoms with E-state index in [1.54, 1.807) is 24.3 Å². The summed E-state index contributed by atoms with van der Waals surface area (Å²) in [6.45, 7) is 2.17. The van der Waals surface area contributed by atoms with Gasteiger partial charge in [0.2, 0.25) is 0 Å². The predicted octanol–water partition coefficient (Wildman–Crippen LogP) is 3.84. The van der Waals surface area contributed by atoms with Gasteiger partial charge in [0.05, 0.1) is 0 Å². The van der Waals surface area contributed by atoms with Gasteiger partial charge in [-0.05, 0) is 30.7 Å². The number of halogens is 1. The van der Waals surface area contributed by atoms with Crippen molar-refractivity contribution in [3.8, 4) is 0 Å². The third kappa shape index (κ3) is 5.17. The highest BCUT2D eigenvalue weighted by Gasteiger charge is 2.04. The highest BCUT2D eigenvalue weighted by atomic mass is 35.5. The molecule has 2 N–H and O–H groups in total. The Bertz CT molecular complexity index is 308. The van der Waals surface area contributed by atoms with Crippen molar-refractivity contribution in [3.63, 3.8) is 0 Å². The van der Waals surface area contributed by atoms with E-state index >= 15 is 0 Å². The number of benzene rings is 1. The van der Waals surface area contributed by atoms with Crippen LogP contribution in [0.5, 0.6) is 0 Å². The molecule has 1 aromatic rings. The third-order valence-corrected chi connectivity index (χ3v) is 2.49. The molecular formula is C13H20ClNO. The van der Waals surface area contributed by atoms with Crippen molar-refractivity contribution in [1.29, 1.82) is 0 Å². The first-order valence-corrected chi connectivity index (χ1v) is 5.62. The highest BCUT2D eigenvalue weighted by Crippen LogP contribution is 2.11. The van der Waals surface area contributed by atoms with Crippen molar-refractivity contribution in [3.05, 3.63) is 29.8 Å². The van der Waals surface area contributed by atoms with Gasteiger partial charge in [0.15, 0.2) is 5.78 Å². The van der Waals surface area contributed by atoms with Gasteiger partial charge in [0.25, 0.3) is 0 Å². The number of hydrogen-bond acceptors (Lipinski definition) is 2. The number of nitrogen functional groups attached to an aromatic ring is 1. The first-order chi connectivity index (χ1) is 7.24.